The molecular weight excluding hydrogens is 224 g/mol. The van der Waals surface area contributed by atoms with Crippen molar-refractivity contribution in [3.05, 3.63) is 17.3 Å². The number of carbonyl (C=O) groups is 1. The van der Waals surface area contributed by atoms with Crippen molar-refractivity contribution in [3.8, 4) is 11.6 Å². The summed E-state index contributed by atoms with van der Waals surface area (Å²) in [5.74, 6) is -2.04. The van der Waals surface area contributed by atoms with Crippen molar-refractivity contribution in [2.75, 3.05) is 14.2 Å². The van der Waals surface area contributed by atoms with Crippen molar-refractivity contribution < 1.29 is 28.2 Å². The smallest absolute Gasteiger partial charge is 0.337 e. The van der Waals surface area contributed by atoms with E-state index < -0.39 is 23.5 Å². The van der Waals surface area contributed by atoms with Gasteiger partial charge < -0.3 is 14.6 Å². The molecule has 0 amide bonds. The number of methoxy groups -OCH3 is 2. The van der Waals surface area contributed by atoms with Gasteiger partial charge in [-0.05, 0) is 0 Å². The number of carboxylic acid groups (broad SMARTS) is 1. The quantitative estimate of drug-likeness (QED) is 0.857. The second-order valence-corrected chi connectivity index (χ2v) is 2.73. The Morgan fingerprint density at radius 3 is 2.44 bits per heavy atom. The predicted octanol–water partition coefficient (Wildman–Crippen LogP) is 1.73. The number of nitrogens with zero attached hydrogens (tertiary/aromatic N) is 1. The highest BCUT2D eigenvalue weighted by atomic mass is 19.3. The number of ether oxygens (including phenoxy) is 2. The Bertz CT molecular complexity index is 409. The van der Waals surface area contributed by atoms with E-state index in [1.165, 1.54) is 7.11 Å². The average molecular weight is 233 g/mol. The molecule has 1 rings (SSSR count). The van der Waals surface area contributed by atoms with Crippen LogP contribution in [0.2, 0.25) is 0 Å². The Morgan fingerprint density at radius 2 is 2.06 bits per heavy atom. The molecule has 0 aromatic carbocycles. The molecule has 0 atom stereocenters. The van der Waals surface area contributed by atoms with E-state index in [2.05, 4.69) is 9.72 Å². The Kier molecular flexibility index (Phi) is 3.60. The molecule has 0 unspecified atom stereocenters. The molecule has 1 aromatic heterocycles. The maximum Gasteiger partial charge on any atom is 0.337 e. The number of hydrogen-bond acceptors (Lipinski definition) is 4. The normalized spacial score (nSPS) is 10.3. The molecule has 0 saturated carbocycles. The van der Waals surface area contributed by atoms with E-state index in [-0.39, 0.29) is 11.6 Å². The molecule has 0 spiro atoms. The first kappa shape index (κ1) is 12.2. The van der Waals surface area contributed by atoms with Gasteiger partial charge in [0, 0.05) is 6.20 Å². The summed E-state index contributed by atoms with van der Waals surface area (Å²) in [6, 6.07) is 0. The van der Waals surface area contributed by atoms with Crippen molar-refractivity contribution in [1.82, 2.24) is 4.98 Å². The van der Waals surface area contributed by atoms with E-state index in [0.29, 0.717) is 0 Å². The second kappa shape index (κ2) is 4.73. The number of carboxylic acids is 1. The van der Waals surface area contributed by atoms with Crippen molar-refractivity contribution in [1.29, 1.82) is 0 Å². The van der Waals surface area contributed by atoms with Gasteiger partial charge in [0.2, 0.25) is 0 Å². The van der Waals surface area contributed by atoms with E-state index in [1.807, 2.05) is 0 Å². The minimum atomic E-state index is -2.99. The molecule has 1 heterocycles. The van der Waals surface area contributed by atoms with Gasteiger partial charge in [0.15, 0.2) is 5.75 Å². The maximum absolute atomic E-state index is 12.7. The Hall–Kier alpha value is -1.92. The van der Waals surface area contributed by atoms with Crippen LogP contribution in [0.25, 0.3) is 0 Å². The fourth-order valence-corrected chi connectivity index (χ4v) is 1.22. The van der Waals surface area contributed by atoms with E-state index in [4.69, 9.17) is 9.84 Å². The zero-order chi connectivity index (χ0) is 12.3. The van der Waals surface area contributed by atoms with Crippen LogP contribution in [0.4, 0.5) is 8.78 Å². The molecule has 0 bridgehead atoms. The zero-order valence-corrected chi connectivity index (χ0v) is 8.53. The molecule has 0 radical (unpaired) electrons. The highest BCUT2D eigenvalue weighted by Gasteiger charge is 2.26. The maximum atomic E-state index is 12.7. The number of pyridine rings is 1. The van der Waals surface area contributed by atoms with Crippen molar-refractivity contribution in [3.63, 3.8) is 0 Å². The van der Waals surface area contributed by atoms with Gasteiger partial charge in [-0.3, -0.25) is 0 Å². The number of hydrogen-bond donors (Lipinski definition) is 1. The third-order valence-electron chi connectivity index (χ3n) is 1.89. The lowest BCUT2D eigenvalue weighted by molar-refractivity contribution is 0.0681. The third-order valence-corrected chi connectivity index (χ3v) is 1.89. The Labute approximate surface area is 89.6 Å². The van der Waals surface area contributed by atoms with Crippen LogP contribution in [0, 0.1) is 0 Å². The van der Waals surface area contributed by atoms with E-state index in [1.54, 1.807) is 0 Å². The zero-order valence-electron chi connectivity index (χ0n) is 8.53. The summed E-state index contributed by atoms with van der Waals surface area (Å²) in [4.78, 5) is 14.3. The third kappa shape index (κ3) is 2.02. The minimum Gasteiger partial charge on any atom is -0.491 e. The molecule has 0 aliphatic heterocycles. The first-order chi connectivity index (χ1) is 7.52. The van der Waals surface area contributed by atoms with Crippen molar-refractivity contribution >= 4 is 5.97 Å². The van der Waals surface area contributed by atoms with E-state index in [0.717, 1.165) is 13.3 Å². The van der Waals surface area contributed by atoms with Gasteiger partial charge in [-0.1, -0.05) is 0 Å². The molecule has 0 fully saturated rings. The van der Waals surface area contributed by atoms with E-state index >= 15 is 0 Å². The van der Waals surface area contributed by atoms with Gasteiger partial charge in [0.05, 0.1) is 25.3 Å². The number of aromatic nitrogens is 1. The minimum absolute atomic E-state index is 0.178. The highest BCUT2D eigenvalue weighted by Crippen LogP contribution is 2.37. The second-order valence-electron chi connectivity index (χ2n) is 2.73. The van der Waals surface area contributed by atoms with Crippen LogP contribution in [0.1, 0.15) is 22.3 Å². The molecule has 0 aliphatic rings. The van der Waals surface area contributed by atoms with Crippen LogP contribution in [-0.4, -0.2) is 30.3 Å². The average Bonchev–Trinajstić information content (AvgIpc) is 2.26. The summed E-state index contributed by atoms with van der Waals surface area (Å²) in [5.41, 5.74) is -1.34. The Morgan fingerprint density at radius 1 is 1.44 bits per heavy atom. The molecule has 5 nitrogen and oxygen atoms in total. The molecular formula is C9H9F2NO4. The van der Waals surface area contributed by atoms with Crippen molar-refractivity contribution in [2.45, 2.75) is 6.43 Å². The largest absolute Gasteiger partial charge is 0.491 e. The standard InChI is InChI=1S/C9H9F2NO4/c1-15-6-5(7(10)11)4(9(13)14)3-12-8(6)16-2/h3,7H,1-2H3,(H,13,14). The Balaban J connectivity index is 3.50. The predicted molar refractivity (Wildman–Crippen MR) is 49.3 cm³/mol. The lowest BCUT2D eigenvalue weighted by atomic mass is 10.1. The summed E-state index contributed by atoms with van der Waals surface area (Å²) in [6.07, 6.45) is -2.18. The number of rotatable bonds is 4. The first-order valence-corrected chi connectivity index (χ1v) is 4.15. The fourth-order valence-electron chi connectivity index (χ4n) is 1.22. The van der Waals surface area contributed by atoms with Gasteiger partial charge in [-0.15, -0.1) is 0 Å². The molecule has 0 aliphatic carbocycles. The summed E-state index contributed by atoms with van der Waals surface area (Å²) >= 11 is 0. The lowest BCUT2D eigenvalue weighted by Crippen LogP contribution is -2.08. The molecule has 0 saturated heterocycles. The van der Waals surface area contributed by atoms with Gasteiger partial charge >= 0.3 is 5.97 Å². The SMILES string of the molecule is COc1ncc(C(=O)O)c(C(F)F)c1OC. The monoisotopic (exact) mass is 233 g/mol. The summed E-state index contributed by atoms with van der Waals surface area (Å²) in [5, 5.41) is 8.73. The molecule has 1 N–H and O–H groups in total. The number of aromatic carboxylic acids is 1. The molecule has 1 aromatic rings. The number of alkyl halides is 2. The van der Waals surface area contributed by atoms with Crippen molar-refractivity contribution in [2.24, 2.45) is 0 Å². The van der Waals surface area contributed by atoms with Crippen LogP contribution < -0.4 is 9.47 Å². The summed E-state index contributed by atoms with van der Waals surface area (Å²) < 4.78 is 34.8. The fraction of sp³-hybridized carbons (Fsp3) is 0.333. The van der Waals surface area contributed by atoms with Gasteiger partial charge in [-0.25, -0.2) is 18.6 Å². The first-order valence-electron chi connectivity index (χ1n) is 4.15. The molecule has 88 valence electrons. The summed E-state index contributed by atoms with van der Waals surface area (Å²) in [6.45, 7) is 0. The van der Waals surface area contributed by atoms with Crippen LogP contribution in [0.5, 0.6) is 11.6 Å². The van der Waals surface area contributed by atoms with Gasteiger partial charge in [0.1, 0.15) is 0 Å². The van der Waals surface area contributed by atoms with Crippen LogP contribution >= 0.6 is 0 Å². The van der Waals surface area contributed by atoms with Crippen LogP contribution in [0.3, 0.4) is 0 Å². The topological polar surface area (TPSA) is 68.7 Å². The summed E-state index contributed by atoms with van der Waals surface area (Å²) in [7, 11) is 2.36. The number of halogens is 2. The van der Waals surface area contributed by atoms with Crippen LogP contribution in [0.15, 0.2) is 6.20 Å². The molecule has 7 heteroatoms. The van der Waals surface area contributed by atoms with E-state index in [9.17, 15) is 13.6 Å². The van der Waals surface area contributed by atoms with Gasteiger partial charge in [-0.2, -0.15) is 0 Å². The highest BCUT2D eigenvalue weighted by molar-refractivity contribution is 5.90. The van der Waals surface area contributed by atoms with Gasteiger partial charge in [0.25, 0.3) is 12.3 Å². The molecule has 16 heavy (non-hydrogen) atoms. The lowest BCUT2D eigenvalue weighted by Gasteiger charge is -2.13. The van der Waals surface area contributed by atoms with Crippen LogP contribution in [-0.2, 0) is 0 Å².